The Kier molecular flexibility index (Phi) is 11.6. The third-order valence-electron chi connectivity index (χ3n) is 5.78. The first-order valence-electron chi connectivity index (χ1n) is 11.3. The SMILES string of the molecule is CCOc1ccc(NC(=NC)NCC2CCN(Cc3ccc(OC)cc3)CC2)cc1OC.I. The predicted octanol–water partition coefficient (Wildman–Crippen LogP) is 4.62. The molecule has 0 atom stereocenters. The van der Waals surface area contributed by atoms with Crippen LogP contribution in [0.15, 0.2) is 47.5 Å². The highest BCUT2D eigenvalue weighted by molar-refractivity contribution is 14.0. The monoisotopic (exact) mass is 568 g/mol. The summed E-state index contributed by atoms with van der Waals surface area (Å²) in [4.78, 5) is 6.89. The predicted molar refractivity (Wildman–Crippen MR) is 146 cm³/mol. The summed E-state index contributed by atoms with van der Waals surface area (Å²) >= 11 is 0. The molecule has 1 saturated heterocycles. The van der Waals surface area contributed by atoms with E-state index < -0.39 is 0 Å². The van der Waals surface area contributed by atoms with E-state index in [2.05, 4.69) is 32.7 Å². The lowest BCUT2D eigenvalue weighted by Gasteiger charge is -2.32. The Morgan fingerprint density at radius 1 is 1.03 bits per heavy atom. The fourth-order valence-corrected chi connectivity index (χ4v) is 3.91. The lowest BCUT2D eigenvalue weighted by Crippen LogP contribution is -2.40. The summed E-state index contributed by atoms with van der Waals surface area (Å²) in [5.41, 5.74) is 2.24. The zero-order valence-electron chi connectivity index (χ0n) is 20.1. The van der Waals surface area contributed by atoms with E-state index in [1.54, 1.807) is 21.3 Å². The number of aliphatic imine (C=N–C) groups is 1. The molecule has 0 radical (unpaired) electrons. The first-order chi connectivity index (χ1) is 15.6. The van der Waals surface area contributed by atoms with Gasteiger partial charge in [-0.05, 0) is 68.6 Å². The van der Waals surface area contributed by atoms with Gasteiger partial charge in [0.15, 0.2) is 17.5 Å². The van der Waals surface area contributed by atoms with Crippen LogP contribution in [0.3, 0.4) is 0 Å². The second kappa shape index (κ2) is 14.1. The molecule has 7 nitrogen and oxygen atoms in total. The fourth-order valence-electron chi connectivity index (χ4n) is 3.91. The zero-order chi connectivity index (χ0) is 22.8. The third-order valence-corrected chi connectivity index (χ3v) is 5.78. The van der Waals surface area contributed by atoms with Gasteiger partial charge in [-0.1, -0.05) is 12.1 Å². The number of rotatable bonds is 9. The van der Waals surface area contributed by atoms with Gasteiger partial charge in [0, 0.05) is 31.9 Å². The number of ether oxygens (including phenoxy) is 3. The van der Waals surface area contributed by atoms with Crippen molar-refractivity contribution in [1.82, 2.24) is 10.2 Å². The minimum atomic E-state index is 0. The molecule has 2 aromatic rings. The van der Waals surface area contributed by atoms with Crippen LogP contribution in [0.4, 0.5) is 5.69 Å². The highest BCUT2D eigenvalue weighted by Gasteiger charge is 2.19. The maximum atomic E-state index is 5.59. The van der Waals surface area contributed by atoms with Gasteiger partial charge in [0.05, 0.1) is 20.8 Å². The van der Waals surface area contributed by atoms with E-state index in [1.165, 1.54) is 18.4 Å². The van der Waals surface area contributed by atoms with Gasteiger partial charge in [0.1, 0.15) is 5.75 Å². The zero-order valence-corrected chi connectivity index (χ0v) is 22.4. The molecule has 1 aliphatic heterocycles. The molecule has 0 unspecified atom stereocenters. The van der Waals surface area contributed by atoms with E-state index >= 15 is 0 Å². The molecule has 0 bridgehead atoms. The number of piperidine rings is 1. The second-order valence-electron chi connectivity index (χ2n) is 7.94. The van der Waals surface area contributed by atoms with E-state index in [9.17, 15) is 0 Å². The van der Waals surface area contributed by atoms with Crippen LogP contribution < -0.4 is 24.8 Å². The summed E-state index contributed by atoms with van der Waals surface area (Å²) in [5, 5.41) is 6.82. The molecule has 0 amide bonds. The van der Waals surface area contributed by atoms with Crippen LogP contribution in [0.1, 0.15) is 25.3 Å². The molecule has 0 spiro atoms. The van der Waals surface area contributed by atoms with E-state index in [0.29, 0.717) is 18.3 Å². The van der Waals surface area contributed by atoms with Gasteiger partial charge < -0.3 is 24.8 Å². The largest absolute Gasteiger partial charge is 0.497 e. The quantitative estimate of drug-likeness (QED) is 0.262. The summed E-state index contributed by atoms with van der Waals surface area (Å²) in [5.74, 6) is 3.75. The maximum absolute atomic E-state index is 5.59. The number of guanidine groups is 1. The number of nitrogens with one attached hydrogen (secondary N) is 2. The maximum Gasteiger partial charge on any atom is 0.195 e. The molecule has 0 saturated carbocycles. The van der Waals surface area contributed by atoms with Crippen LogP contribution >= 0.6 is 24.0 Å². The van der Waals surface area contributed by atoms with Crippen molar-refractivity contribution in [1.29, 1.82) is 0 Å². The summed E-state index contributed by atoms with van der Waals surface area (Å²) in [6.07, 6.45) is 2.36. The van der Waals surface area contributed by atoms with Gasteiger partial charge in [-0.15, -0.1) is 24.0 Å². The lowest BCUT2D eigenvalue weighted by molar-refractivity contribution is 0.178. The number of methoxy groups -OCH3 is 2. The van der Waals surface area contributed by atoms with Crippen molar-refractivity contribution in [3.05, 3.63) is 48.0 Å². The first-order valence-corrected chi connectivity index (χ1v) is 11.3. The van der Waals surface area contributed by atoms with Crippen molar-refractivity contribution in [2.45, 2.75) is 26.3 Å². The molecule has 1 fully saturated rings. The summed E-state index contributed by atoms with van der Waals surface area (Å²) in [6.45, 7) is 6.68. The van der Waals surface area contributed by atoms with Crippen LogP contribution in [0, 0.1) is 5.92 Å². The number of halogens is 1. The van der Waals surface area contributed by atoms with Gasteiger partial charge in [0.25, 0.3) is 0 Å². The summed E-state index contributed by atoms with van der Waals surface area (Å²) in [6, 6.07) is 14.2. The van der Waals surface area contributed by atoms with Crippen molar-refractivity contribution in [2.75, 3.05) is 52.8 Å². The Labute approximate surface area is 214 Å². The van der Waals surface area contributed by atoms with Crippen molar-refractivity contribution < 1.29 is 14.2 Å². The first kappa shape index (κ1) is 27.0. The topological polar surface area (TPSA) is 67.4 Å². The van der Waals surface area contributed by atoms with E-state index in [4.69, 9.17) is 14.2 Å². The standard InChI is InChI=1S/C25H36N4O3.HI/c1-5-32-23-11-8-21(16-24(23)31-4)28-25(26-2)27-17-19-12-14-29(15-13-19)18-20-6-9-22(30-3)10-7-20;/h6-11,16,19H,5,12-15,17-18H2,1-4H3,(H2,26,27,28);1H. The molecule has 2 aromatic carbocycles. The van der Waals surface area contributed by atoms with Crippen molar-refractivity contribution in [2.24, 2.45) is 10.9 Å². The van der Waals surface area contributed by atoms with Crippen molar-refractivity contribution >= 4 is 35.6 Å². The second-order valence-corrected chi connectivity index (χ2v) is 7.94. The fraction of sp³-hybridized carbons (Fsp3) is 0.480. The average molecular weight is 569 g/mol. The molecule has 2 N–H and O–H groups in total. The molecule has 33 heavy (non-hydrogen) atoms. The number of anilines is 1. The van der Waals surface area contributed by atoms with Crippen LogP contribution in [-0.2, 0) is 6.54 Å². The summed E-state index contributed by atoms with van der Waals surface area (Å²) in [7, 11) is 5.14. The Balaban J connectivity index is 0.00000385. The molecule has 1 aliphatic rings. The van der Waals surface area contributed by atoms with Gasteiger partial charge in [-0.25, -0.2) is 0 Å². The molecule has 3 rings (SSSR count). The Bertz CT molecular complexity index is 868. The molecule has 0 aromatic heterocycles. The highest BCUT2D eigenvalue weighted by Crippen LogP contribution is 2.30. The van der Waals surface area contributed by atoms with Gasteiger partial charge in [-0.3, -0.25) is 9.89 Å². The van der Waals surface area contributed by atoms with Crippen LogP contribution in [0.25, 0.3) is 0 Å². The van der Waals surface area contributed by atoms with E-state index in [1.807, 2.05) is 37.3 Å². The molecule has 182 valence electrons. The number of hydrogen-bond acceptors (Lipinski definition) is 5. The number of benzene rings is 2. The Hall–Kier alpha value is -2.20. The summed E-state index contributed by atoms with van der Waals surface area (Å²) < 4.78 is 16.3. The molecular formula is C25H37IN4O3. The molecule has 0 aliphatic carbocycles. The minimum Gasteiger partial charge on any atom is -0.497 e. The van der Waals surface area contributed by atoms with Gasteiger partial charge >= 0.3 is 0 Å². The van der Waals surface area contributed by atoms with Crippen molar-refractivity contribution in [3.63, 3.8) is 0 Å². The lowest BCUT2D eigenvalue weighted by atomic mass is 9.96. The van der Waals surface area contributed by atoms with E-state index in [0.717, 1.165) is 49.3 Å². The molecule has 1 heterocycles. The average Bonchev–Trinajstić information content (AvgIpc) is 2.84. The number of hydrogen-bond donors (Lipinski definition) is 2. The Morgan fingerprint density at radius 3 is 2.36 bits per heavy atom. The Morgan fingerprint density at radius 2 is 1.76 bits per heavy atom. The number of nitrogens with zero attached hydrogens (tertiary/aromatic N) is 2. The third kappa shape index (κ3) is 8.26. The van der Waals surface area contributed by atoms with Gasteiger partial charge in [-0.2, -0.15) is 0 Å². The van der Waals surface area contributed by atoms with Crippen molar-refractivity contribution in [3.8, 4) is 17.2 Å². The molecular weight excluding hydrogens is 531 g/mol. The van der Waals surface area contributed by atoms with Crippen LogP contribution in [-0.4, -0.2) is 58.4 Å². The highest BCUT2D eigenvalue weighted by atomic mass is 127. The van der Waals surface area contributed by atoms with E-state index in [-0.39, 0.29) is 24.0 Å². The minimum absolute atomic E-state index is 0. The van der Waals surface area contributed by atoms with Crippen LogP contribution in [0.2, 0.25) is 0 Å². The van der Waals surface area contributed by atoms with Gasteiger partial charge in [0.2, 0.25) is 0 Å². The van der Waals surface area contributed by atoms with Crippen LogP contribution in [0.5, 0.6) is 17.2 Å². The molecule has 8 heteroatoms. The normalized spacial score (nSPS) is 14.8. The number of likely N-dealkylation sites (tertiary alicyclic amines) is 1. The smallest absolute Gasteiger partial charge is 0.195 e.